The van der Waals surface area contributed by atoms with Gasteiger partial charge in [-0.3, -0.25) is 9.20 Å². The van der Waals surface area contributed by atoms with Crippen molar-refractivity contribution in [1.82, 2.24) is 19.5 Å². The summed E-state index contributed by atoms with van der Waals surface area (Å²) < 4.78 is 2.53. The molecule has 1 amide bonds. The maximum atomic E-state index is 12.2. The van der Waals surface area contributed by atoms with Crippen molar-refractivity contribution in [2.24, 2.45) is 5.41 Å². The van der Waals surface area contributed by atoms with Crippen molar-refractivity contribution in [3.05, 3.63) is 34.9 Å². The Balaban J connectivity index is 2.13. The van der Waals surface area contributed by atoms with Gasteiger partial charge in [0.15, 0.2) is 5.65 Å². The Morgan fingerprint density at radius 2 is 2.14 bits per heavy atom. The molecule has 0 saturated carbocycles. The van der Waals surface area contributed by atoms with Gasteiger partial charge >= 0.3 is 5.69 Å². The van der Waals surface area contributed by atoms with Crippen LogP contribution in [0.2, 0.25) is 0 Å². The van der Waals surface area contributed by atoms with Gasteiger partial charge < -0.3 is 10.4 Å². The number of aromatic nitrogens is 3. The summed E-state index contributed by atoms with van der Waals surface area (Å²) in [6.07, 6.45) is 2.08. The van der Waals surface area contributed by atoms with E-state index in [2.05, 4.69) is 10.4 Å². The summed E-state index contributed by atoms with van der Waals surface area (Å²) in [6, 6.07) is 5.05. The van der Waals surface area contributed by atoms with Crippen LogP contribution in [-0.4, -0.2) is 37.8 Å². The third kappa shape index (κ3) is 3.54. The third-order valence-corrected chi connectivity index (χ3v) is 3.58. The summed E-state index contributed by atoms with van der Waals surface area (Å²) >= 11 is 0. The van der Waals surface area contributed by atoms with Crippen molar-refractivity contribution in [1.29, 1.82) is 0 Å². The molecule has 2 aromatic rings. The molecule has 0 aliphatic carbocycles. The molecular weight excluding hydrogens is 284 g/mol. The van der Waals surface area contributed by atoms with Gasteiger partial charge in [0.25, 0.3) is 0 Å². The van der Waals surface area contributed by atoms with Gasteiger partial charge in [-0.15, -0.1) is 5.10 Å². The molecular formula is C15H22N4O3. The van der Waals surface area contributed by atoms with E-state index in [0.29, 0.717) is 12.1 Å². The van der Waals surface area contributed by atoms with Crippen LogP contribution in [0.5, 0.6) is 0 Å². The zero-order valence-corrected chi connectivity index (χ0v) is 13.1. The van der Waals surface area contributed by atoms with Crippen LogP contribution in [0.1, 0.15) is 27.2 Å². The zero-order chi connectivity index (χ0) is 16.3. The number of aliphatic hydroxyl groups is 1. The van der Waals surface area contributed by atoms with Gasteiger partial charge in [-0.2, -0.15) is 0 Å². The molecule has 2 N–H and O–H groups in total. The molecule has 2 rings (SSSR count). The van der Waals surface area contributed by atoms with Gasteiger partial charge in [0, 0.05) is 18.8 Å². The molecule has 0 saturated heterocycles. The van der Waals surface area contributed by atoms with Crippen LogP contribution in [0.4, 0.5) is 0 Å². The minimum absolute atomic E-state index is 0.00344. The second kappa shape index (κ2) is 6.31. The SMILES string of the molecule is CC(C)(C)C(CCO)NC(=O)Cn1nc2ccccn2c1=O. The molecule has 1 atom stereocenters. The second-order valence-electron chi connectivity index (χ2n) is 6.37. The maximum absolute atomic E-state index is 12.2. The fourth-order valence-corrected chi connectivity index (χ4v) is 2.30. The molecule has 7 nitrogen and oxygen atoms in total. The van der Waals surface area contributed by atoms with E-state index in [1.807, 2.05) is 20.8 Å². The smallest absolute Gasteiger partial charge is 0.350 e. The van der Waals surface area contributed by atoms with E-state index in [9.17, 15) is 9.59 Å². The largest absolute Gasteiger partial charge is 0.396 e. The average molecular weight is 306 g/mol. The van der Waals surface area contributed by atoms with Gasteiger partial charge in [-0.1, -0.05) is 26.8 Å². The number of carbonyl (C=O) groups is 1. The van der Waals surface area contributed by atoms with Crippen LogP contribution in [0.3, 0.4) is 0 Å². The molecule has 1 unspecified atom stereocenters. The summed E-state index contributed by atoms with van der Waals surface area (Å²) in [5.41, 5.74) is -0.0225. The Morgan fingerprint density at radius 1 is 1.41 bits per heavy atom. The fraction of sp³-hybridized carbons (Fsp3) is 0.533. The summed E-state index contributed by atoms with van der Waals surface area (Å²) in [6.45, 7) is 5.83. The van der Waals surface area contributed by atoms with E-state index in [0.717, 1.165) is 4.68 Å². The predicted molar refractivity (Wildman–Crippen MR) is 82.5 cm³/mol. The van der Waals surface area contributed by atoms with E-state index in [-0.39, 0.29) is 36.2 Å². The van der Waals surface area contributed by atoms with Crippen molar-refractivity contribution in [3.8, 4) is 0 Å². The highest BCUT2D eigenvalue weighted by Gasteiger charge is 2.26. The first-order chi connectivity index (χ1) is 10.3. The van der Waals surface area contributed by atoms with E-state index < -0.39 is 0 Å². The Bertz CT molecular complexity index is 711. The molecule has 0 fully saturated rings. The average Bonchev–Trinajstić information content (AvgIpc) is 2.74. The van der Waals surface area contributed by atoms with E-state index >= 15 is 0 Å². The van der Waals surface area contributed by atoms with Crippen molar-refractivity contribution >= 4 is 11.6 Å². The first kappa shape index (κ1) is 16.2. The Kier molecular flexibility index (Phi) is 4.65. The number of amides is 1. The minimum atomic E-state index is -0.347. The number of nitrogens with one attached hydrogen (secondary N) is 1. The number of fused-ring (bicyclic) bond motifs is 1. The number of hydrogen-bond acceptors (Lipinski definition) is 4. The summed E-state index contributed by atoms with van der Waals surface area (Å²) in [7, 11) is 0. The first-order valence-electron chi connectivity index (χ1n) is 7.27. The highest BCUT2D eigenvalue weighted by Crippen LogP contribution is 2.21. The number of nitrogens with zero attached hydrogens (tertiary/aromatic N) is 3. The van der Waals surface area contributed by atoms with Crippen LogP contribution >= 0.6 is 0 Å². The Labute approximate surface area is 128 Å². The Morgan fingerprint density at radius 3 is 2.73 bits per heavy atom. The zero-order valence-electron chi connectivity index (χ0n) is 13.1. The molecule has 22 heavy (non-hydrogen) atoms. The van der Waals surface area contributed by atoms with Crippen LogP contribution in [0.15, 0.2) is 29.2 Å². The molecule has 0 radical (unpaired) electrons. The first-order valence-corrected chi connectivity index (χ1v) is 7.27. The number of rotatable bonds is 5. The number of aliphatic hydroxyl groups excluding tert-OH is 1. The maximum Gasteiger partial charge on any atom is 0.350 e. The monoisotopic (exact) mass is 306 g/mol. The van der Waals surface area contributed by atoms with Gasteiger partial charge in [-0.25, -0.2) is 9.48 Å². The quantitative estimate of drug-likeness (QED) is 0.837. The molecule has 0 bridgehead atoms. The van der Waals surface area contributed by atoms with Gasteiger partial charge in [0.05, 0.1) is 0 Å². The van der Waals surface area contributed by atoms with E-state index in [4.69, 9.17) is 5.11 Å². The highest BCUT2D eigenvalue weighted by atomic mass is 16.3. The fourth-order valence-electron chi connectivity index (χ4n) is 2.30. The molecule has 120 valence electrons. The summed E-state index contributed by atoms with van der Waals surface area (Å²) in [5, 5.41) is 16.1. The van der Waals surface area contributed by atoms with Crippen molar-refractivity contribution in [2.45, 2.75) is 39.8 Å². The number of pyridine rings is 1. The van der Waals surface area contributed by atoms with Gasteiger partial charge in [0.1, 0.15) is 6.54 Å². The standard InChI is InChI=1S/C15H22N4O3/c1-15(2,3)11(7-9-20)16-13(21)10-19-14(22)18-8-5-4-6-12(18)17-19/h4-6,8,11,20H,7,9-10H2,1-3H3,(H,16,21). The van der Waals surface area contributed by atoms with Crippen molar-refractivity contribution in [2.75, 3.05) is 6.61 Å². The van der Waals surface area contributed by atoms with E-state index in [1.165, 1.54) is 4.40 Å². The molecule has 2 aromatic heterocycles. The minimum Gasteiger partial charge on any atom is -0.396 e. The molecule has 0 aromatic carbocycles. The van der Waals surface area contributed by atoms with Crippen LogP contribution in [0, 0.1) is 5.41 Å². The van der Waals surface area contributed by atoms with Gasteiger partial charge in [0.2, 0.25) is 5.91 Å². The predicted octanol–water partition coefficient (Wildman–Crippen LogP) is 0.409. The van der Waals surface area contributed by atoms with Gasteiger partial charge in [-0.05, 0) is 24.0 Å². The Hall–Kier alpha value is -2.15. The number of hydrogen-bond donors (Lipinski definition) is 2. The normalized spacial score (nSPS) is 13.3. The lowest BCUT2D eigenvalue weighted by atomic mass is 9.85. The lowest BCUT2D eigenvalue weighted by Gasteiger charge is -2.31. The lowest BCUT2D eigenvalue weighted by molar-refractivity contribution is -0.123. The van der Waals surface area contributed by atoms with Crippen molar-refractivity contribution < 1.29 is 9.90 Å². The molecule has 7 heteroatoms. The molecule has 2 heterocycles. The topological polar surface area (TPSA) is 88.6 Å². The second-order valence-corrected chi connectivity index (χ2v) is 6.37. The van der Waals surface area contributed by atoms with Crippen molar-refractivity contribution in [3.63, 3.8) is 0 Å². The number of carbonyl (C=O) groups excluding carboxylic acids is 1. The van der Waals surface area contributed by atoms with Crippen LogP contribution in [0.25, 0.3) is 5.65 Å². The van der Waals surface area contributed by atoms with E-state index in [1.54, 1.807) is 24.4 Å². The highest BCUT2D eigenvalue weighted by molar-refractivity contribution is 5.76. The summed E-state index contributed by atoms with van der Waals surface area (Å²) in [4.78, 5) is 24.3. The van der Waals surface area contributed by atoms with Crippen LogP contribution in [-0.2, 0) is 11.3 Å². The molecule has 0 spiro atoms. The molecule has 0 aliphatic heterocycles. The van der Waals surface area contributed by atoms with Crippen LogP contribution < -0.4 is 11.0 Å². The lowest BCUT2D eigenvalue weighted by Crippen LogP contribution is -2.46. The molecule has 0 aliphatic rings. The summed E-state index contributed by atoms with van der Waals surface area (Å²) in [5.74, 6) is -0.293. The third-order valence-electron chi connectivity index (χ3n) is 3.58.